The zero-order chi connectivity index (χ0) is 13.1. The van der Waals surface area contributed by atoms with Gasteiger partial charge < -0.3 is 5.73 Å². The maximum absolute atomic E-state index is 13.1. The number of hydrogen-bond donors (Lipinski definition) is 1. The van der Waals surface area contributed by atoms with Gasteiger partial charge in [-0.2, -0.15) is 0 Å². The van der Waals surface area contributed by atoms with Crippen LogP contribution in [0.15, 0.2) is 41.3 Å². The molecule has 0 bridgehead atoms. The summed E-state index contributed by atoms with van der Waals surface area (Å²) in [6.45, 7) is 0. The predicted molar refractivity (Wildman–Crippen MR) is 76.8 cm³/mol. The van der Waals surface area contributed by atoms with Crippen LogP contribution in [0.4, 0.5) is 10.1 Å². The van der Waals surface area contributed by atoms with Gasteiger partial charge in [0.15, 0.2) is 0 Å². The maximum Gasteiger partial charge on any atom is 0.124 e. The molecule has 18 heavy (non-hydrogen) atoms. The van der Waals surface area contributed by atoms with Gasteiger partial charge in [0.1, 0.15) is 5.82 Å². The van der Waals surface area contributed by atoms with Crippen molar-refractivity contribution in [2.75, 3.05) is 5.73 Å². The topological polar surface area (TPSA) is 26.0 Å². The molecule has 0 saturated heterocycles. The van der Waals surface area contributed by atoms with E-state index in [1.165, 1.54) is 23.9 Å². The number of rotatable bonds is 3. The van der Waals surface area contributed by atoms with Gasteiger partial charge in [-0.05, 0) is 35.9 Å². The summed E-state index contributed by atoms with van der Waals surface area (Å²) in [5.74, 6) is 0.366. The third-order valence-electron chi connectivity index (χ3n) is 2.35. The van der Waals surface area contributed by atoms with Gasteiger partial charge in [-0.15, -0.1) is 11.8 Å². The second kappa shape index (κ2) is 5.83. The summed E-state index contributed by atoms with van der Waals surface area (Å²) in [6, 6.07) is 9.76. The molecule has 2 rings (SSSR count). The lowest BCUT2D eigenvalue weighted by molar-refractivity contribution is 0.624. The highest BCUT2D eigenvalue weighted by atomic mass is 35.5. The Bertz CT molecular complexity index is 575. The molecule has 0 radical (unpaired) electrons. The average Bonchev–Trinajstić information content (AvgIpc) is 2.34. The number of nitrogen functional groups attached to an aromatic ring is 1. The van der Waals surface area contributed by atoms with Gasteiger partial charge in [0, 0.05) is 16.3 Å². The first-order valence-corrected chi connectivity index (χ1v) is 6.92. The van der Waals surface area contributed by atoms with Crippen molar-refractivity contribution >= 4 is 40.7 Å². The monoisotopic (exact) mass is 301 g/mol. The van der Waals surface area contributed by atoms with Crippen molar-refractivity contribution in [2.45, 2.75) is 10.6 Å². The Morgan fingerprint density at radius 3 is 2.56 bits per heavy atom. The molecule has 0 aliphatic rings. The van der Waals surface area contributed by atoms with E-state index in [-0.39, 0.29) is 5.82 Å². The number of thioether (sulfide) groups is 1. The molecule has 0 saturated carbocycles. The van der Waals surface area contributed by atoms with E-state index in [0.717, 1.165) is 10.5 Å². The van der Waals surface area contributed by atoms with Gasteiger partial charge in [0.2, 0.25) is 0 Å². The minimum absolute atomic E-state index is 0.291. The fourth-order valence-corrected chi connectivity index (χ4v) is 2.68. The van der Waals surface area contributed by atoms with Crippen LogP contribution in [-0.2, 0) is 5.75 Å². The third-order valence-corrected chi connectivity index (χ3v) is 4.24. The van der Waals surface area contributed by atoms with Crippen LogP contribution in [0.5, 0.6) is 0 Å². The van der Waals surface area contributed by atoms with E-state index in [1.54, 1.807) is 18.2 Å². The van der Waals surface area contributed by atoms with E-state index in [1.807, 2.05) is 6.07 Å². The maximum atomic E-state index is 13.1. The highest BCUT2D eigenvalue weighted by Crippen LogP contribution is 2.30. The van der Waals surface area contributed by atoms with Gasteiger partial charge in [-0.25, -0.2) is 4.39 Å². The molecule has 0 aliphatic carbocycles. The SMILES string of the molecule is Nc1ccc(F)cc1SCc1ccc(Cl)c(Cl)c1. The molecule has 2 N–H and O–H groups in total. The summed E-state index contributed by atoms with van der Waals surface area (Å²) < 4.78 is 13.1. The fraction of sp³-hybridized carbons (Fsp3) is 0.0769. The predicted octanol–water partition coefficient (Wildman–Crippen LogP) is 5.01. The summed E-state index contributed by atoms with van der Waals surface area (Å²) in [5.41, 5.74) is 7.36. The Hall–Kier alpha value is -0.900. The first kappa shape index (κ1) is 13.5. The molecule has 94 valence electrons. The van der Waals surface area contributed by atoms with E-state index in [4.69, 9.17) is 28.9 Å². The smallest absolute Gasteiger partial charge is 0.124 e. The van der Waals surface area contributed by atoms with E-state index in [9.17, 15) is 4.39 Å². The minimum atomic E-state index is -0.291. The lowest BCUT2D eigenvalue weighted by Gasteiger charge is -2.06. The van der Waals surface area contributed by atoms with Crippen molar-refractivity contribution in [3.8, 4) is 0 Å². The zero-order valence-electron chi connectivity index (χ0n) is 9.29. The Kier molecular flexibility index (Phi) is 4.38. The lowest BCUT2D eigenvalue weighted by Crippen LogP contribution is -1.90. The molecule has 0 amide bonds. The number of nitrogens with two attached hydrogens (primary N) is 1. The molecule has 0 heterocycles. The molecule has 2 aromatic rings. The second-order valence-corrected chi connectivity index (χ2v) is 5.55. The van der Waals surface area contributed by atoms with E-state index in [0.29, 0.717) is 21.5 Å². The highest BCUT2D eigenvalue weighted by molar-refractivity contribution is 7.98. The second-order valence-electron chi connectivity index (χ2n) is 3.72. The molecule has 1 nitrogen and oxygen atoms in total. The van der Waals surface area contributed by atoms with Crippen LogP contribution in [0.3, 0.4) is 0 Å². The molecular weight excluding hydrogens is 292 g/mol. The number of anilines is 1. The molecule has 0 spiro atoms. The van der Waals surface area contributed by atoms with Crippen LogP contribution in [0.1, 0.15) is 5.56 Å². The van der Waals surface area contributed by atoms with Crippen molar-refractivity contribution in [1.29, 1.82) is 0 Å². The van der Waals surface area contributed by atoms with Crippen molar-refractivity contribution < 1.29 is 4.39 Å². The molecule has 0 unspecified atom stereocenters. The largest absolute Gasteiger partial charge is 0.398 e. The zero-order valence-corrected chi connectivity index (χ0v) is 11.6. The van der Waals surface area contributed by atoms with Crippen LogP contribution in [-0.4, -0.2) is 0 Å². The van der Waals surface area contributed by atoms with E-state index < -0.39 is 0 Å². The number of halogens is 3. The van der Waals surface area contributed by atoms with Gasteiger partial charge in [0.25, 0.3) is 0 Å². The molecule has 0 aromatic heterocycles. The lowest BCUT2D eigenvalue weighted by atomic mass is 10.2. The molecular formula is C13H10Cl2FNS. The van der Waals surface area contributed by atoms with Gasteiger partial charge in [0.05, 0.1) is 10.0 Å². The van der Waals surface area contributed by atoms with Gasteiger partial charge >= 0.3 is 0 Å². The van der Waals surface area contributed by atoms with Crippen LogP contribution < -0.4 is 5.73 Å². The molecule has 0 aliphatic heterocycles. The molecule has 0 fully saturated rings. The summed E-state index contributed by atoms with van der Waals surface area (Å²) >= 11 is 13.2. The van der Waals surface area contributed by atoms with Crippen molar-refractivity contribution in [1.82, 2.24) is 0 Å². The molecule has 2 aromatic carbocycles. The Morgan fingerprint density at radius 2 is 1.83 bits per heavy atom. The third kappa shape index (κ3) is 3.31. The molecule has 0 atom stereocenters. The van der Waals surface area contributed by atoms with Crippen LogP contribution in [0.25, 0.3) is 0 Å². The fourth-order valence-electron chi connectivity index (χ4n) is 1.42. The van der Waals surface area contributed by atoms with Crippen LogP contribution in [0, 0.1) is 5.82 Å². The normalized spacial score (nSPS) is 10.6. The molecule has 5 heteroatoms. The van der Waals surface area contributed by atoms with E-state index >= 15 is 0 Å². The first-order valence-electron chi connectivity index (χ1n) is 5.18. The Labute approximate surface area is 119 Å². The summed E-state index contributed by atoms with van der Waals surface area (Å²) in [5, 5.41) is 1.04. The number of hydrogen-bond acceptors (Lipinski definition) is 2. The van der Waals surface area contributed by atoms with Crippen molar-refractivity contribution in [3.63, 3.8) is 0 Å². The van der Waals surface area contributed by atoms with Gasteiger partial charge in [-0.1, -0.05) is 29.3 Å². The van der Waals surface area contributed by atoms with E-state index in [2.05, 4.69) is 0 Å². The first-order chi connectivity index (χ1) is 8.56. The highest BCUT2D eigenvalue weighted by Gasteiger charge is 2.04. The summed E-state index contributed by atoms with van der Waals surface area (Å²) in [6.07, 6.45) is 0. The Balaban J connectivity index is 2.11. The number of benzene rings is 2. The average molecular weight is 302 g/mol. The Morgan fingerprint density at radius 1 is 1.06 bits per heavy atom. The minimum Gasteiger partial charge on any atom is -0.398 e. The standard InChI is InChI=1S/C13H10Cl2FNS/c14-10-3-1-8(5-11(10)15)7-18-13-6-9(16)2-4-12(13)17/h1-6H,7,17H2. The van der Waals surface area contributed by atoms with Crippen LogP contribution in [0.2, 0.25) is 10.0 Å². The van der Waals surface area contributed by atoms with Crippen LogP contribution >= 0.6 is 35.0 Å². The van der Waals surface area contributed by atoms with Gasteiger partial charge in [-0.3, -0.25) is 0 Å². The summed E-state index contributed by atoms with van der Waals surface area (Å²) in [7, 11) is 0. The quantitative estimate of drug-likeness (QED) is 0.637. The van der Waals surface area contributed by atoms with Crippen molar-refractivity contribution in [3.05, 3.63) is 57.8 Å². The summed E-state index contributed by atoms with van der Waals surface area (Å²) in [4.78, 5) is 0.723. The van der Waals surface area contributed by atoms with Crippen molar-refractivity contribution in [2.24, 2.45) is 0 Å².